The lowest BCUT2D eigenvalue weighted by molar-refractivity contribution is -0.441. The first kappa shape index (κ1) is 29.4. The van der Waals surface area contributed by atoms with Gasteiger partial charge in [-0.1, -0.05) is 38.1 Å². The Bertz CT molecular complexity index is 826. The van der Waals surface area contributed by atoms with E-state index in [0.29, 0.717) is 12.1 Å². The van der Waals surface area contributed by atoms with Crippen LogP contribution in [0.1, 0.15) is 25.0 Å². The summed E-state index contributed by atoms with van der Waals surface area (Å²) in [5.41, 5.74) is -2.19. The predicted octanol–water partition coefficient (Wildman–Crippen LogP) is 8.35. The topological polar surface area (TPSA) is 0 Å². The average molecular weight is 572 g/mol. The number of rotatable bonds is 7. The van der Waals surface area contributed by atoms with Crippen molar-refractivity contribution in [3.8, 4) is 0 Å². The maximum Gasteiger partial charge on any atom is 0.460 e. The van der Waals surface area contributed by atoms with E-state index < -0.39 is 52.4 Å². The van der Waals surface area contributed by atoms with Crippen LogP contribution in [-0.4, -0.2) is 35.9 Å². The second-order valence-electron chi connectivity index (χ2n) is 7.07. The predicted molar refractivity (Wildman–Crippen MR) is 92.5 cm³/mol. The Labute approximate surface area is 186 Å². The average Bonchev–Trinajstić information content (AvgIpc) is 2.59. The van der Waals surface area contributed by atoms with Crippen LogP contribution in [0.4, 0.5) is 57.1 Å². The summed E-state index contributed by atoms with van der Waals surface area (Å²) in [6.45, 7) is 2.59. The summed E-state index contributed by atoms with van der Waals surface area (Å²) in [6, 6.07) is -2.40. The molecule has 0 spiro atoms. The molecule has 0 heterocycles. The molecule has 17 heteroatoms. The van der Waals surface area contributed by atoms with Gasteiger partial charge in [-0.2, -0.15) is 57.1 Å². The van der Waals surface area contributed by atoms with Crippen LogP contribution in [0.15, 0.2) is 24.3 Å². The molecule has 0 nitrogen and oxygen atoms in total. The highest BCUT2D eigenvalue weighted by molar-refractivity contribution is 7.65. The molecule has 0 bridgehead atoms. The van der Waals surface area contributed by atoms with Gasteiger partial charge in [0.15, 0.2) is 0 Å². The third kappa shape index (κ3) is 4.17. The second kappa shape index (κ2) is 7.97. The fourth-order valence-corrected chi connectivity index (χ4v) is 3.69. The third-order valence-electron chi connectivity index (χ3n) is 4.61. The van der Waals surface area contributed by atoms with Crippen LogP contribution in [0.5, 0.6) is 0 Å². The van der Waals surface area contributed by atoms with Crippen molar-refractivity contribution >= 4 is 39.2 Å². The van der Waals surface area contributed by atoms with Crippen molar-refractivity contribution in [3.63, 3.8) is 0 Å². The molecule has 186 valence electrons. The summed E-state index contributed by atoms with van der Waals surface area (Å²) in [5.74, 6) is -37.3. The minimum Gasteiger partial charge on any atom is -0.194 e. The van der Waals surface area contributed by atoms with Crippen LogP contribution >= 0.6 is 33.2 Å². The third-order valence-corrected chi connectivity index (χ3v) is 10.6. The summed E-state index contributed by atoms with van der Waals surface area (Å²) < 4.78 is 172. The molecule has 1 rings (SSSR count). The highest BCUT2D eigenvalue weighted by Crippen LogP contribution is 2.62. The normalized spacial score (nSPS) is 15.8. The van der Waals surface area contributed by atoms with Gasteiger partial charge in [0.05, 0.1) is 0 Å². The number of hydrogen-bond donors (Lipinski definition) is 0. The minimum absolute atomic E-state index is 0.0337. The first-order chi connectivity index (χ1) is 13.7. The van der Waals surface area contributed by atoms with E-state index in [9.17, 15) is 57.1 Å². The van der Waals surface area contributed by atoms with Gasteiger partial charge < -0.3 is 0 Å². The van der Waals surface area contributed by atoms with Crippen molar-refractivity contribution in [2.75, 3.05) is 0 Å². The van der Waals surface area contributed by atoms with Gasteiger partial charge in [-0.05, 0) is 5.56 Å². The largest absolute Gasteiger partial charge is 0.460 e. The Kier molecular flexibility index (Phi) is 7.33. The monoisotopic (exact) mass is 570 g/mol. The molecular weight excluding hydrogens is 562 g/mol. The molecule has 0 unspecified atom stereocenters. The molecule has 1 aromatic carbocycles. The summed E-state index contributed by atoms with van der Waals surface area (Å²) >= 11 is 17.4. The molecule has 0 aliphatic carbocycles. The lowest BCUT2D eigenvalue weighted by atomic mass is 9.89. The fraction of sp³-hybridized carbons (Fsp3) is 0.600. The van der Waals surface area contributed by atoms with Gasteiger partial charge in [0.2, 0.25) is 0 Å². The highest BCUT2D eigenvalue weighted by atomic mass is 35.8. The second-order valence-corrected chi connectivity index (χ2v) is 16.2. The number of alkyl halides is 13. The lowest BCUT2D eigenvalue weighted by Gasteiger charge is -2.40. The molecule has 1 aromatic rings. The summed E-state index contributed by atoms with van der Waals surface area (Å²) in [5, 5.41) is -1.36. The van der Waals surface area contributed by atoms with Crippen LogP contribution in [0.3, 0.4) is 0 Å². The van der Waals surface area contributed by atoms with Crippen molar-refractivity contribution < 1.29 is 57.1 Å². The van der Waals surface area contributed by atoms with E-state index in [1.54, 1.807) is 0 Å². The molecule has 0 saturated heterocycles. The van der Waals surface area contributed by atoms with E-state index in [0.717, 1.165) is 0 Å². The maximum absolute atomic E-state index is 14.1. The minimum atomic E-state index is -7.95. The van der Waals surface area contributed by atoms with Crippen molar-refractivity contribution in [1.82, 2.24) is 0 Å². The molecule has 0 radical (unpaired) electrons. The zero-order valence-corrected chi connectivity index (χ0v) is 18.6. The maximum atomic E-state index is 14.1. The Morgan fingerprint density at radius 3 is 1.16 bits per heavy atom. The van der Waals surface area contributed by atoms with E-state index in [2.05, 4.69) is 0 Å². The first-order valence-electron chi connectivity index (χ1n) is 7.85. The first-order valence-corrected chi connectivity index (χ1v) is 12.9. The molecule has 0 amide bonds. The van der Waals surface area contributed by atoms with Gasteiger partial charge in [0.25, 0.3) is 0 Å². The number of hydrogen-bond acceptors (Lipinski definition) is 0. The highest BCUT2D eigenvalue weighted by Gasteiger charge is 2.90. The SMILES string of the molecule is CC(C)(c1ccc(C(F)(F)C(F)(F)C(F)(F)C(F)(F)C(F)(F)C(F)(F)F)cc1)[Si](Cl)(Cl)Cl. The van der Waals surface area contributed by atoms with Crippen molar-refractivity contribution in [1.29, 1.82) is 0 Å². The molecule has 0 N–H and O–H groups in total. The van der Waals surface area contributed by atoms with Gasteiger partial charge in [-0.15, -0.1) is 33.2 Å². The standard InChI is InChI=1S/C15H10Cl3F13Si/c1-9(2,32(16,17)18)7-3-5-8(6-4-7)10(19,20)11(21,22)12(23,24)13(25,26)14(27,28)15(29,30)31/h3-6H,1-2H3. The van der Waals surface area contributed by atoms with E-state index >= 15 is 0 Å². The van der Waals surface area contributed by atoms with Crippen LogP contribution in [0.2, 0.25) is 0 Å². The Hall–Kier alpha value is -0.603. The van der Waals surface area contributed by atoms with Crippen molar-refractivity contribution in [2.45, 2.75) is 54.7 Å². The molecule has 0 fully saturated rings. The van der Waals surface area contributed by atoms with E-state index in [-0.39, 0.29) is 17.7 Å². The van der Waals surface area contributed by atoms with Crippen LogP contribution in [0, 0.1) is 0 Å². The van der Waals surface area contributed by atoms with Gasteiger partial charge >= 0.3 is 41.8 Å². The number of halogens is 16. The Balaban J connectivity index is 3.56. The zero-order chi connectivity index (χ0) is 26.0. The van der Waals surface area contributed by atoms with Crippen LogP contribution < -0.4 is 0 Å². The molecule has 0 saturated carbocycles. The van der Waals surface area contributed by atoms with Crippen molar-refractivity contribution in [3.05, 3.63) is 35.4 Å². The molecule has 0 aliphatic heterocycles. The molecule has 0 aliphatic rings. The Morgan fingerprint density at radius 1 is 0.531 bits per heavy atom. The molecular formula is C15H10Cl3F13Si. The van der Waals surface area contributed by atoms with E-state index in [1.807, 2.05) is 0 Å². The summed E-state index contributed by atoms with van der Waals surface area (Å²) in [6.07, 6.45) is -7.46. The molecule has 0 aromatic heterocycles. The van der Waals surface area contributed by atoms with E-state index in [1.165, 1.54) is 13.8 Å². The number of benzene rings is 1. The summed E-state index contributed by atoms with van der Waals surface area (Å²) in [7, 11) is 0. The van der Waals surface area contributed by atoms with Gasteiger partial charge in [0, 0.05) is 10.6 Å². The molecule has 32 heavy (non-hydrogen) atoms. The Morgan fingerprint density at radius 2 is 0.844 bits per heavy atom. The van der Waals surface area contributed by atoms with Gasteiger partial charge in [-0.3, -0.25) is 0 Å². The smallest absolute Gasteiger partial charge is 0.194 e. The van der Waals surface area contributed by atoms with Crippen LogP contribution in [0.25, 0.3) is 0 Å². The van der Waals surface area contributed by atoms with Crippen molar-refractivity contribution in [2.24, 2.45) is 0 Å². The quantitative estimate of drug-likeness (QED) is 0.175. The van der Waals surface area contributed by atoms with Gasteiger partial charge in [-0.25, -0.2) is 0 Å². The lowest BCUT2D eigenvalue weighted by Crippen LogP contribution is -2.69. The molecule has 0 atom stereocenters. The van der Waals surface area contributed by atoms with E-state index in [4.69, 9.17) is 33.2 Å². The zero-order valence-electron chi connectivity index (χ0n) is 15.4. The van der Waals surface area contributed by atoms with Crippen LogP contribution in [-0.2, 0) is 11.0 Å². The summed E-state index contributed by atoms with van der Waals surface area (Å²) in [4.78, 5) is 0. The van der Waals surface area contributed by atoms with Gasteiger partial charge in [0.1, 0.15) is 0 Å². The fourth-order valence-electron chi connectivity index (χ4n) is 2.21.